The molecule has 0 saturated carbocycles. The molecule has 1 aliphatic rings. The molecule has 1 atom stereocenters. The number of rotatable bonds is 1. The minimum Gasteiger partial charge on any atom is -0.443 e. The maximum atomic E-state index is 11.3. The van der Waals surface area contributed by atoms with Gasteiger partial charge in [0.25, 0.3) is 0 Å². The molecule has 1 fully saturated rings. The summed E-state index contributed by atoms with van der Waals surface area (Å²) in [5.41, 5.74) is 2.32. The zero-order chi connectivity index (χ0) is 10.8. The van der Waals surface area contributed by atoms with Crippen molar-refractivity contribution < 1.29 is 9.53 Å². The number of carbonyl (C=O) groups excluding carboxylic acids is 1. The Bertz CT molecular complexity index is 211. The summed E-state index contributed by atoms with van der Waals surface area (Å²) in [6.45, 7) is 9.59. The Morgan fingerprint density at radius 1 is 1.50 bits per heavy atom. The third kappa shape index (κ3) is 3.96. The summed E-state index contributed by atoms with van der Waals surface area (Å²) in [6, 6.07) is 0. The van der Waals surface area contributed by atoms with E-state index in [0.29, 0.717) is 5.92 Å². The lowest BCUT2D eigenvalue weighted by atomic mass is 10.2. The van der Waals surface area contributed by atoms with Crippen molar-refractivity contribution in [3.05, 3.63) is 0 Å². The molecule has 4 heteroatoms. The maximum Gasteiger partial charge on any atom is 0.422 e. The van der Waals surface area contributed by atoms with Crippen LogP contribution in [0.2, 0.25) is 0 Å². The summed E-state index contributed by atoms with van der Waals surface area (Å²) in [7, 11) is 0. The fourth-order valence-corrected chi connectivity index (χ4v) is 1.47. The molecule has 4 nitrogen and oxygen atoms in total. The Hall–Kier alpha value is -0.770. The predicted molar refractivity (Wildman–Crippen MR) is 54.7 cm³/mol. The highest BCUT2D eigenvalue weighted by Crippen LogP contribution is 2.13. The summed E-state index contributed by atoms with van der Waals surface area (Å²) in [5.74, 6) is 0.657. The monoisotopic (exact) mass is 200 g/mol. The fraction of sp³-hybridized carbons (Fsp3) is 0.900. The molecule has 1 heterocycles. The molecule has 82 valence electrons. The van der Waals surface area contributed by atoms with Crippen molar-refractivity contribution in [2.75, 3.05) is 13.1 Å². The van der Waals surface area contributed by atoms with E-state index >= 15 is 0 Å². The Kier molecular flexibility index (Phi) is 3.37. The van der Waals surface area contributed by atoms with E-state index in [2.05, 4.69) is 12.3 Å². The second-order valence-corrected chi connectivity index (χ2v) is 4.95. The van der Waals surface area contributed by atoms with Crippen molar-refractivity contribution in [1.29, 1.82) is 0 Å². The first-order valence-electron chi connectivity index (χ1n) is 5.11. The van der Waals surface area contributed by atoms with Gasteiger partial charge in [-0.15, -0.1) is 0 Å². The summed E-state index contributed by atoms with van der Waals surface area (Å²) >= 11 is 0. The number of nitrogens with zero attached hydrogens (tertiary/aromatic N) is 1. The lowest BCUT2D eigenvalue weighted by Crippen LogP contribution is -2.43. The SMILES string of the molecule is CC1CCN(NC(=O)OC(C)(C)C)C1. The van der Waals surface area contributed by atoms with Gasteiger partial charge in [0.05, 0.1) is 0 Å². The van der Waals surface area contributed by atoms with Crippen LogP contribution in [0.1, 0.15) is 34.1 Å². The Morgan fingerprint density at radius 3 is 2.57 bits per heavy atom. The number of nitrogens with one attached hydrogen (secondary N) is 1. The Labute approximate surface area is 85.6 Å². The maximum absolute atomic E-state index is 11.3. The van der Waals surface area contributed by atoms with Gasteiger partial charge < -0.3 is 4.74 Å². The topological polar surface area (TPSA) is 41.6 Å². The highest BCUT2D eigenvalue weighted by Gasteiger charge is 2.22. The molecule has 0 aliphatic carbocycles. The van der Waals surface area contributed by atoms with E-state index in [-0.39, 0.29) is 6.09 Å². The standard InChI is InChI=1S/C10H20N2O2/c1-8-5-6-12(7-8)11-9(13)14-10(2,3)4/h8H,5-7H2,1-4H3,(H,11,13). The highest BCUT2D eigenvalue weighted by atomic mass is 16.6. The third-order valence-corrected chi connectivity index (χ3v) is 2.07. The van der Waals surface area contributed by atoms with Gasteiger partial charge >= 0.3 is 6.09 Å². The second kappa shape index (κ2) is 4.17. The van der Waals surface area contributed by atoms with Gasteiger partial charge in [-0.1, -0.05) is 6.92 Å². The normalized spacial score (nSPS) is 23.6. The molecule has 0 radical (unpaired) electrons. The number of hydrazine groups is 1. The van der Waals surface area contributed by atoms with Crippen LogP contribution in [0.4, 0.5) is 4.79 Å². The minimum atomic E-state index is -0.421. The number of hydrogen-bond donors (Lipinski definition) is 1. The number of carbonyl (C=O) groups is 1. The van der Waals surface area contributed by atoms with Crippen LogP contribution in [-0.4, -0.2) is 29.8 Å². The molecule has 1 rings (SSSR count). The fourth-order valence-electron chi connectivity index (χ4n) is 1.47. The molecule has 0 aromatic rings. The average Bonchev–Trinajstić information content (AvgIpc) is 2.30. The minimum absolute atomic E-state index is 0.355. The van der Waals surface area contributed by atoms with Crippen molar-refractivity contribution >= 4 is 6.09 Å². The lowest BCUT2D eigenvalue weighted by Gasteiger charge is -2.23. The van der Waals surface area contributed by atoms with Crippen molar-refractivity contribution in [2.45, 2.75) is 39.7 Å². The van der Waals surface area contributed by atoms with E-state index in [1.807, 2.05) is 25.8 Å². The first kappa shape index (κ1) is 11.3. The van der Waals surface area contributed by atoms with Crippen LogP contribution >= 0.6 is 0 Å². The quantitative estimate of drug-likeness (QED) is 0.701. The van der Waals surface area contributed by atoms with Crippen LogP contribution in [0, 0.1) is 5.92 Å². The van der Waals surface area contributed by atoms with Gasteiger partial charge in [0, 0.05) is 13.1 Å². The molecule has 14 heavy (non-hydrogen) atoms. The lowest BCUT2D eigenvalue weighted by molar-refractivity contribution is 0.0361. The molecular weight excluding hydrogens is 180 g/mol. The predicted octanol–water partition coefficient (Wildman–Crippen LogP) is 1.77. The second-order valence-electron chi connectivity index (χ2n) is 4.95. The van der Waals surface area contributed by atoms with Crippen LogP contribution in [-0.2, 0) is 4.74 Å². The molecule has 1 saturated heterocycles. The van der Waals surface area contributed by atoms with Gasteiger partial charge in [-0.3, -0.25) is 5.43 Å². The van der Waals surface area contributed by atoms with Crippen molar-refractivity contribution in [2.24, 2.45) is 5.92 Å². The Morgan fingerprint density at radius 2 is 2.14 bits per heavy atom. The van der Waals surface area contributed by atoms with Crippen LogP contribution < -0.4 is 5.43 Å². The van der Waals surface area contributed by atoms with E-state index < -0.39 is 5.60 Å². The molecule has 0 aromatic carbocycles. The summed E-state index contributed by atoms with van der Waals surface area (Å²) < 4.78 is 5.14. The number of hydrogen-bond acceptors (Lipinski definition) is 3. The molecule has 1 amide bonds. The van der Waals surface area contributed by atoms with Crippen molar-refractivity contribution in [1.82, 2.24) is 10.4 Å². The number of ether oxygens (including phenoxy) is 1. The molecule has 0 aromatic heterocycles. The van der Waals surface area contributed by atoms with E-state index in [0.717, 1.165) is 19.5 Å². The van der Waals surface area contributed by atoms with Crippen molar-refractivity contribution in [3.63, 3.8) is 0 Å². The van der Waals surface area contributed by atoms with E-state index in [1.165, 1.54) is 0 Å². The summed E-state index contributed by atoms with van der Waals surface area (Å²) in [6.07, 6.45) is 0.780. The van der Waals surface area contributed by atoms with E-state index in [9.17, 15) is 4.79 Å². The first-order chi connectivity index (χ1) is 6.37. The molecule has 0 spiro atoms. The van der Waals surface area contributed by atoms with Gasteiger partial charge in [-0.25, -0.2) is 9.80 Å². The molecule has 1 unspecified atom stereocenters. The highest BCUT2D eigenvalue weighted by molar-refractivity contribution is 5.67. The van der Waals surface area contributed by atoms with Crippen LogP contribution in [0.15, 0.2) is 0 Å². The van der Waals surface area contributed by atoms with Crippen LogP contribution in [0.25, 0.3) is 0 Å². The third-order valence-electron chi connectivity index (χ3n) is 2.07. The van der Waals surface area contributed by atoms with E-state index in [4.69, 9.17) is 4.74 Å². The van der Waals surface area contributed by atoms with E-state index in [1.54, 1.807) is 0 Å². The molecule has 0 bridgehead atoms. The van der Waals surface area contributed by atoms with Gasteiger partial charge in [0.2, 0.25) is 0 Å². The smallest absolute Gasteiger partial charge is 0.422 e. The van der Waals surface area contributed by atoms with Gasteiger partial charge in [-0.05, 0) is 33.1 Å². The zero-order valence-electron chi connectivity index (χ0n) is 9.46. The molecule has 1 aliphatic heterocycles. The van der Waals surface area contributed by atoms with Gasteiger partial charge in [0.15, 0.2) is 0 Å². The Balaban J connectivity index is 2.27. The van der Waals surface area contributed by atoms with Crippen molar-refractivity contribution in [3.8, 4) is 0 Å². The average molecular weight is 200 g/mol. The van der Waals surface area contributed by atoms with Crippen LogP contribution in [0.5, 0.6) is 0 Å². The van der Waals surface area contributed by atoms with Gasteiger partial charge in [-0.2, -0.15) is 0 Å². The van der Waals surface area contributed by atoms with Gasteiger partial charge in [0.1, 0.15) is 5.60 Å². The zero-order valence-corrected chi connectivity index (χ0v) is 9.46. The first-order valence-corrected chi connectivity index (χ1v) is 5.11. The summed E-state index contributed by atoms with van der Waals surface area (Å²) in [4.78, 5) is 11.3. The summed E-state index contributed by atoms with van der Waals surface area (Å²) in [5, 5.41) is 1.92. The van der Waals surface area contributed by atoms with Crippen LogP contribution in [0.3, 0.4) is 0 Å². The molecular formula is C10H20N2O2. The molecule has 1 N–H and O–H groups in total. The number of amides is 1. The largest absolute Gasteiger partial charge is 0.443 e.